The van der Waals surface area contributed by atoms with Gasteiger partial charge in [0.1, 0.15) is 5.75 Å². The zero-order chi connectivity index (χ0) is 16.4. The van der Waals surface area contributed by atoms with E-state index in [9.17, 15) is 20.0 Å². The molecule has 0 saturated carbocycles. The second kappa shape index (κ2) is 5.76. The van der Waals surface area contributed by atoms with Gasteiger partial charge in [0.25, 0.3) is 11.6 Å². The highest BCUT2D eigenvalue weighted by molar-refractivity contribution is 6.10. The molecule has 0 fully saturated rings. The molecule has 3 aromatic carbocycles. The zero-order valence-corrected chi connectivity index (χ0v) is 11.9. The minimum absolute atomic E-state index is 0.0714. The van der Waals surface area contributed by atoms with Crippen LogP contribution in [0.5, 0.6) is 5.75 Å². The van der Waals surface area contributed by atoms with Crippen molar-refractivity contribution < 1.29 is 14.8 Å². The van der Waals surface area contributed by atoms with Gasteiger partial charge in [0.2, 0.25) is 0 Å². The van der Waals surface area contributed by atoms with Crippen LogP contribution in [0.4, 0.5) is 11.4 Å². The van der Waals surface area contributed by atoms with Crippen molar-refractivity contribution in [2.24, 2.45) is 0 Å². The van der Waals surface area contributed by atoms with E-state index in [1.165, 1.54) is 24.3 Å². The fourth-order valence-electron chi connectivity index (χ4n) is 2.35. The Hall–Kier alpha value is -3.41. The first-order valence-electron chi connectivity index (χ1n) is 6.83. The SMILES string of the molecule is O=C(Nc1cccc2cccc(O)c12)c1ccc([N+](=O)[O-])cc1. The van der Waals surface area contributed by atoms with Crippen LogP contribution in [-0.2, 0) is 0 Å². The van der Waals surface area contributed by atoms with Crippen LogP contribution in [-0.4, -0.2) is 15.9 Å². The summed E-state index contributed by atoms with van der Waals surface area (Å²) in [4.78, 5) is 22.4. The number of phenols is 1. The molecule has 0 aliphatic heterocycles. The number of nitro groups is 1. The Labute approximate surface area is 131 Å². The van der Waals surface area contributed by atoms with E-state index in [0.29, 0.717) is 16.6 Å². The van der Waals surface area contributed by atoms with Gasteiger partial charge in [0, 0.05) is 23.1 Å². The molecule has 114 valence electrons. The minimum atomic E-state index is -0.523. The Morgan fingerprint density at radius 1 is 1.00 bits per heavy atom. The monoisotopic (exact) mass is 308 g/mol. The molecule has 3 aromatic rings. The van der Waals surface area contributed by atoms with Crippen LogP contribution in [0.1, 0.15) is 10.4 Å². The molecule has 2 N–H and O–H groups in total. The Bertz CT molecular complexity index is 899. The van der Waals surface area contributed by atoms with E-state index in [4.69, 9.17) is 0 Å². The number of carbonyl (C=O) groups excluding carboxylic acids is 1. The second-order valence-electron chi connectivity index (χ2n) is 4.94. The van der Waals surface area contributed by atoms with Crippen molar-refractivity contribution in [3.8, 4) is 5.75 Å². The number of anilines is 1. The summed E-state index contributed by atoms with van der Waals surface area (Å²) in [5.41, 5.74) is 0.691. The molecule has 1 amide bonds. The first kappa shape index (κ1) is 14.5. The summed E-state index contributed by atoms with van der Waals surface area (Å²) in [7, 11) is 0. The van der Waals surface area contributed by atoms with Crippen molar-refractivity contribution in [3.05, 3.63) is 76.3 Å². The predicted molar refractivity (Wildman–Crippen MR) is 86.7 cm³/mol. The summed E-state index contributed by atoms with van der Waals surface area (Å²) in [5.74, 6) is -0.335. The van der Waals surface area contributed by atoms with Gasteiger partial charge in [0.05, 0.1) is 10.6 Å². The standard InChI is InChI=1S/C17H12N2O4/c20-15-6-2-4-11-3-1-5-14(16(11)15)18-17(21)12-7-9-13(10-8-12)19(22)23/h1-10,20H,(H,18,21). The smallest absolute Gasteiger partial charge is 0.269 e. The number of aromatic hydroxyl groups is 1. The molecular formula is C17H12N2O4. The molecule has 0 aliphatic carbocycles. The van der Waals surface area contributed by atoms with E-state index < -0.39 is 10.8 Å². The molecule has 0 saturated heterocycles. The highest BCUT2D eigenvalue weighted by Gasteiger charge is 2.12. The molecule has 0 aliphatic rings. The number of non-ortho nitro benzene ring substituents is 1. The van der Waals surface area contributed by atoms with Crippen molar-refractivity contribution in [1.29, 1.82) is 0 Å². The lowest BCUT2D eigenvalue weighted by molar-refractivity contribution is -0.384. The number of nitrogens with one attached hydrogen (secondary N) is 1. The third-order valence-corrected chi connectivity index (χ3v) is 3.47. The number of nitrogens with zero attached hydrogens (tertiary/aromatic N) is 1. The predicted octanol–water partition coefficient (Wildman–Crippen LogP) is 3.71. The van der Waals surface area contributed by atoms with Gasteiger partial charge < -0.3 is 10.4 Å². The number of hydrogen-bond acceptors (Lipinski definition) is 4. The highest BCUT2D eigenvalue weighted by atomic mass is 16.6. The summed E-state index contributed by atoms with van der Waals surface area (Å²) in [6.45, 7) is 0. The minimum Gasteiger partial charge on any atom is -0.507 e. The summed E-state index contributed by atoms with van der Waals surface area (Å²) in [5, 5.41) is 24.7. The molecule has 0 spiro atoms. The Balaban J connectivity index is 1.93. The van der Waals surface area contributed by atoms with E-state index in [1.807, 2.05) is 12.1 Å². The molecule has 0 bridgehead atoms. The van der Waals surface area contributed by atoms with E-state index in [0.717, 1.165) is 5.39 Å². The summed E-state index contributed by atoms with van der Waals surface area (Å²) >= 11 is 0. The van der Waals surface area contributed by atoms with Gasteiger partial charge in [-0.2, -0.15) is 0 Å². The van der Waals surface area contributed by atoms with Crippen LogP contribution in [0.3, 0.4) is 0 Å². The van der Waals surface area contributed by atoms with Gasteiger partial charge in [-0.05, 0) is 29.7 Å². The van der Waals surface area contributed by atoms with Crippen molar-refractivity contribution >= 4 is 28.1 Å². The van der Waals surface area contributed by atoms with Crippen LogP contribution >= 0.6 is 0 Å². The molecule has 0 atom stereocenters. The lowest BCUT2D eigenvalue weighted by Crippen LogP contribution is -2.12. The maximum atomic E-state index is 12.3. The van der Waals surface area contributed by atoms with Gasteiger partial charge in [0.15, 0.2) is 0 Å². The average Bonchev–Trinajstić information content (AvgIpc) is 2.55. The number of fused-ring (bicyclic) bond motifs is 1. The number of nitro benzene ring substituents is 1. The number of benzene rings is 3. The Kier molecular flexibility index (Phi) is 3.64. The average molecular weight is 308 g/mol. The van der Waals surface area contributed by atoms with Gasteiger partial charge in [-0.25, -0.2) is 0 Å². The summed E-state index contributed by atoms with van der Waals surface area (Å²) in [6, 6.07) is 15.7. The maximum Gasteiger partial charge on any atom is 0.269 e. The van der Waals surface area contributed by atoms with Crippen molar-refractivity contribution in [3.63, 3.8) is 0 Å². The lowest BCUT2D eigenvalue weighted by atomic mass is 10.1. The molecule has 6 nitrogen and oxygen atoms in total. The number of hydrogen-bond donors (Lipinski definition) is 2. The molecule has 3 rings (SSSR count). The molecule has 6 heteroatoms. The van der Waals surface area contributed by atoms with Gasteiger partial charge >= 0.3 is 0 Å². The first-order valence-corrected chi connectivity index (χ1v) is 6.83. The summed E-state index contributed by atoms with van der Waals surface area (Å²) in [6.07, 6.45) is 0. The molecule has 0 aromatic heterocycles. The quantitative estimate of drug-likeness (QED) is 0.570. The Morgan fingerprint density at radius 3 is 2.30 bits per heavy atom. The largest absolute Gasteiger partial charge is 0.507 e. The van der Waals surface area contributed by atoms with E-state index >= 15 is 0 Å². The molecule has 0 radical (unpaired) electrons. The van der Waals surface area contributed by atoms with Gasteiger partial charge in [-0.1, -0.05) is 24.3 Å². The maximum absolute atomic E-state index is 12.3. The third-order valence-electron chi connectivity index (χ3n) is 3.47. The third kappa shape index (κ3) is 2.82. The molecular weight excluding hydrogens is 296 g/mol. The van der Waals surface area contributed by atoms with Crippen LogP contribution in [0.2, 0.25) is 0 Å². The van der Waals surface area contributed by atoms with Crippen LogP contribution in [0.25, 0.3) is 10.8 Å². The van der Waals surface area contributed by atoms with E-state index in [-0.39, 0.29) is 11.4 Å². The van der Waals surface area contributed by atoms with Crippen molar-refractivity contribution in [2.45, 2.75) is 0 Å². The number of amides is 1. The van der Waals surface area contributed by atoms with Crippen LogP contribution in [0.15, 0.2) is 60.7 Å². The van der Waals surface area contributed by atoms with E-state index in [1.54, 1.807) is 24.3 Å². The number of phenolic OH excluding ortho intramolecular Hbond substituents is 1. The van der Waals surface area contributed by atoms with Gasteiger partial charge in [-0.3, -0.25) is 14.9 Å². The normalized spacial score (nSPS) is 10.4. The van der Waals surface area contributed by atoms with Gasteiger partial charge in [-0.15, -0.1) is 0 Å². The second-order valence-corrected chi connectivity index (χ2v) is 4.94. The van der Waals surface area contributed by atoms with Crippen molar-refractivity contribution in [2.75, 3.05) is 5.32 Å². The molecule has 0 unspecified atom stereocenters. The number of carbonyl (C=O) groups is 1. The summed E-state index contributed by atoms with van der Waals surface area (Å²) < 4.78 is 0. The molecule has 23 heavy (non-hydrogen) atoms. The zero-order valence-electron chi connectivity index (χ0n) is 11.9. The fraction of sp³-hybridized carbons (Fsp3) is 0. The van der Waals surface area contributed by atoms with E-state index in [2.05, 4.69) is 5.32 Å². The first-order chi connectivity index (χ1) is 11.1. The van der Waals surface area contributed by atoms with Crippen LogP contribution in [0, 0.1) is 10.1 Å². The number of rotatable bonds is 3. The highest BCUT2D eigenvalue weighted by Crippen LogP contribution is 2.31. The van der Waals surface area contributed by atoms with Crippen molar-refractivity contribution in [1.82, 2.24) is 0 Å². The topological polar surface area (TPSA) is 92.5 Å². The Morgan fingerprint density at radius 2 is 1.65 bits per heavy atom. The lowest BCUT2D eigenvalue weighted by Gasteiger charge is -2.10. The molecule has 0 heterocycles. The van der Waals surface area contributed by atoms with Crippen LogP contribution < -0.4 is 5.32 Å². The fourth-order valence-corrected chi connectivity index (χ4v) is 2.35.